The van der Waals surface area contributed by atoms with Crippen molar-refractivity contribution in [1.29, 1.82) is 0 Å². The van der Waals surface area contributed by atoms with Crippen LogP contribution >= 0.6 is 0 Å². The molecular weight excluding hydrogens is 522 g/mol. The van der Waals surface area contributed by atoms with E-state index in [0.717, 1.165) is 25.7 Å². The third kappa shape index (κ3) is 5.48. The fourth-order valence-electron chi connectivity index (χ4n) is 5.47. The summed E-state index contributed by atoms with van der Waals surface area (Å²) >= 11 is 0. The molecule has 1 amide bonds. The van der Waals surface area contributed by atoms with E-state index < -0.39 is 11.6 Å². The number of phenols is 2. The molecule has 5 rings (SSSR count). The molecule has 1 atom stereocenters. The third-order valence-electron chi connectivity index (χ3n) is 7.91. The molecule has 0 aliphatic carbocycles. The average Bonchev–Trinajstić information content (AvgIpc) is 3.22. The Labute approximate surface area is 240 Å². The number of fused-ring (bicyclic) bond motifs is 6. The lowest BCUT2D eigenvalue weighted by Crippen LogP contribution is -2.35. The summed E-state index contributed by atoms with van der Waals surface area (Å²) in [6, 6.07) is 14.2. The highest BCUT2D eigenvalue weighted by atomic mass is 16.6. The first-order valence-corrected chi connectivity index (χ1v) is 14.2. The molecule has 3 aromatic rings. The summed E-state index contributed by atoms with van der Waals surface area (Å²) < 4.78 is 18.0. The lowest BCUT2D eigenvalue weighted by atomic mass is 9.77. The van der Waals surface area contributed by atoms with E-state index in [2.05, 4.69) is 33.0 Å². The van der Waals surface area contributed by atoms with Crippen molar-refractivity contribution in [3.05, 3.63) is 82.4 Å². The van der Waals surface area contributed by atoms with Crippen LogP contribution in [0.1, 0.15) is 90.8 Å². The van der Waals surface area contributed by atoms with E-state index in [-0.39, 0.29) is 34.5 Å². The normalized spacial score (nSPS) is 15.4. The van der Waals surface area contributed by atoms with Crippen LogP contribution < -0.4 is 10.1 Å². The predicted molar refractivity (Wildman–Crippen MR) is 154 cm³/mol. The molecule has 3 aromatic carbocycles. The summed E-state index contributed by atoms with van der Waals surface area (Å²) in [6.07, 6.45) is 4.37. The number of rotatable bonds is 10. The van der Waals surface area contributed by atoms with Gasteiger partial charge in [-0.15, -0.1) is 0 Å². The number of ether oxygens (including phenoxy) is 3. The van der Waals surface area contributed by atoms with Crippen molar-refractivity contribution in [2.75, 3.05) is 13.2 Å². The number of aromatic hydroxyl groups is 2. The van der Waals surface area contributed by atoms with Crippen LogP contribution in [0, 0.1) is 5.41 Å². The summed E-state index contributed by atoms with van der Waals surface area (Å²) in [5.74, 6) is -0.286. The Bertz CT molecular complexity index is 1430. The number of hydrogen-bond acceptors (Lipinski definition) is 7. The van der Waals surface area contributed by atoms with E-state index in [4.69, 9.17) is 14.2 Å². The van der Waals surface area contributed by atoms with Gasteiger partial charge in [-0.2, -0.15) is 0 Å². The van der Waals surface area contributed by atoms with Gasteiger partial charge in [0.2, 0.25) is 0 Å². The van der Waals surface area contributed by atoms with Crippen LogP contribution in [0.15, 0.2) is 54.6 Å². The van der Waals surface area contributed by atoms with Crippen molar-refractivity contribution in [2.24, 2.45) is 5.41 Å². The zero-order valence-corrected chi connectivity index (χ0v) is 24.0. The van der Waals surface area contributed by atoms with Gasteiger partial charge in [0.1, 0.15) is 23.0 Å². The third-order valence-corrected chi connectivity index (χ3v) is 7.91. The SMILES string of the molecule is CCCCC(C)OCCC(C)(C)CNC(=O)c1ccc2c(c1)C(=O)OC21c2ccc(O)cc2Oc2cc(O)ccc21. The Kier molecular flexibility index (Phi) is 7.70. The molecule has 1 unspecified atom stereocenters. The molecule has 41 heavy (non-hydrogen) atoms. The van der Waals surface area contributed by atoms with E-state index in [1.54, 1.807) is 30.3 Å². The Balaban J connectivity index is 1.37. The highest BCUT2D eigenvalue weighted by molar-refractivity contribution is 6.01. The van der Waals surface area contributed by atoms with Crippen molar-refractivity contribution in [2.45, 2.75) is 65.1 Å². The van der Waals surface area contributed by atoms with Crippen molar-refractivity contribution in [3.8, 4) is 23.0 Å². The van der Waals surface area contributed by atoms with Crippen LogP contribution in [0.5, 0.6) is 23.0 Å². The highest BCUT2D eigenvalue weighted by Gasteiger charge is 2.53. The molecule has 8 nitrogen and oxygen atoms in total. The minimum atomic E-state index is -1.36. The Morgan fingerprint density at radius 1 is 1.00 bits per heavy atom. The topological polar surface area (TPSA) is 114 Å². The zero-order valence-electron chi connectivity index (χ0n) is 24.0. The summed E-state index contributed by atoms with van der Waals surface area (Å²) in [6.45, 7) is 9.53. The van der Waals surface area contributed by atoms with E-state index in [1.807, 2.05) is 0 Å². The predicted octanol–water partition coefficient (Wildman–Crippen LogP) is 6.41. The molecule has 0 fully saturated rings. The molecule has 216 valence electrons. The number of nitrogens with one attached hydrogen (secondary N) is 1. The van der Waals surface area contributed by atoms with Gasteiger partial charge in [-0.3, -0.25) is 4.79 Å². The molecule has 0 bridgehead atoms. The quantitative estimate of drug-likeness (QED) is 0.246. The molecule has 0 saturated heterocycles. The molecule has 0 saturated carbocycles. The molecule has 1 spiro atoms. The maximum absolute atomic E-state index is 13.3. The van der Waals surface area contributed by atoms with Crippen molar-refractivity contribution in [3.63, 3.8) is 0 Å². The second-order valence-corrected chi connectivity index (χ2v) is 11.7. The fourth-order valence-corrected chi connectivity index (χ4v) is 5.47. The Hall–Kier alpha value is -4.04. The number of amides is 1. The lowest BCUT2D eigenvalue weighted by Gasteiger charge is -2.36. The van der Waals surface area contributed by atoms with Gasteiger partial charge < -0.3 is 29.7 Å². The van der Waals surface area contributed by atoms with Gasteiger partial charge >= 0.3 is 5.97 Å². The average molecular weight is 560 g/mol. The number of esters is 1. The van der Waals surface area contributed by atoms with E-state index in [1.165, 1.54) is 24.3 Å². The number of carbonyl (C=O) groups excluding carboxylic acids is 2. The van der Waals surface area contributed by atoms with Crippen LogP contribution in [0.2, 0.25) is 0 Å². The van der Waals surface area contributed by atoms with E-state index >= 15 is 0 Å². The number of carbonyl (C=O) groups is 2. The molecular formula is C33H37NO7. The molecule has 2 heterocycles. The standard InChI is InChI=1S/C33H37NO7/c1-5-6-7-20(2)39-15-14-32(3,4)19-34-30(37)21-8-11-25-24(16-21)31(38)41-33(25)26-12-9-22(35)17-28(26)40-29-18-23(36)10-13-27(29)33/h8-13,16-18,20,35-36H,5-7,14-15,19H2,1-4H3,(H,34,37). The summed E-state index contributed by atoms with van der Waals surface area (Å²) in [7, 11) is 0. The monoisotopic (exact) mass is 559 g/mol. The van der Waals surface area contributed by atoms with Crippen LogP contribution in [-0.4, -0.2) is 41.3 Å². The smallest absolute Gasteiger partial charge is 0.340 e. The second-order valence-electron chi connectivity index (χ2n) is 11.7. The molecule has 0 radical (unpaired) electrons. The van der Waals surface area contributed by atoms with Crippen molar-refractivity contribution < 1.29 is 34.0 Å². The lowest BCUT2D eigenvalue weighted by molar-refractivity contribution is 0.0224. The first kappa shape index (κ1) is 28.5. The molecule has 0 aromatic heterocycles. The van der Waals surface area contributed by atoms with Crippen LogP contribution in [0.25, 0.3) is 0 Å². The molecule has 2 aliphatic rings. The van der Waals surface area contributed by atoms with Crippen molar-refractivity contribution in [1.82, 2.24) is 5.32 Å². The summed E-state index contributed by atoms with van der Waals surface area (Å²) in [4.78, 5) is 26.5. The Morgan fingerprint density at radius 2 is 1.63 bits per heavy atom. The van der Waals surface area contributed by atoms with E-state index in [9.17, 15) is 19.8 Å². The molecule has 8 heteroatoms. The molecule has 3 N–H and O–H groups in total. The minimum Gasteiger partial charge on any atom is -0.508 e. The summed E-state index contributed by atoms with van der Waals surface area (Å²) in [5, 5.41) is 23.2. The summed E-state index contributed by atoms with van der Waals surface area (Å²) in [5.41, 5.74) is 0.703. The maximum atomic E-state index is 13.3. The maximum Gasteiger partial charge on any atom is 0.340 e. The largest absolute Gasteiger partial charge is 0.508 e. The Morgan fingerprint density at radius 3 is 2.27 bits per heavy atom. The first-order chi connectivity index (χ1) is 19.5. The van der Waals surface area contributed by atoms with Gasteiger partial charge in [-0.1, -0.05) is 39.7 Å². The minimum absolute atomic E-state index is 0.0143. The van der Waals surface area contributed by atoms with Gasteiger partial charge in [0, 0.05) is 47.5 Å². The van der Waals surface area contributed by atoms with Gasteiger partial charge in [0.15, 0.2) is 5.60 Å². The van der Waals surface area contributed by atoms with Gasteiger partial charge in [0.25, 0.3) is 5.91 Å². The number of phenolic OH excluding ortho intramolecular Hbond substituents is 2. The zero-order chi connectivity index (χ0) is 29.4. The van der Waals surface area contributed by atoms with Crippen molar-refractivity contribution >= 4 is 11.9 Å². The van der Waals surface area contributed by atoms with Gasteiger partial charge in [-0.25, -0.2) is 4.79 Å². The van der Waals surface area contributed by atoms with Gasteiger partial charge in [-0.05, 0) is 61.6 Å². The second kappa shape index (κ2) is 11.1. The fraction of sp³-hybridized carbons (Fsp3) is 0.394. The van der Waals surface area contributed by atoms with Crippen LogP contribution in [-0.2, 0) is 15.1 Å². The first-order valence-electron chi connectivity index (χ1n) is 14.2. The van der Waals surface area contributed by atoms with Crippen LogP contribution in [0.4, 0.5) is 0 Å². The van der Waals surface area contributed by atoms with E-state index in [0.29, 0.717) is 46.9 Å². The number of unbranched alkanes of at least 4 members (excludes halogenated alkanes) is 1. The molecule has 2 aliphatic heterocycles. The van der Waals surface area contributed by atoms with Gasteiger partial charge in [0.05, 0.1) is 11.7 Å². The number of hydrogen-bond donors (Lipinski definition) is 3. The van der Waals surface area contributed by atoms with Crippen LogP contribution in [0.3, 0.4) is 0 Å². The highest BCUT2D eigenvalue weighted by Crippen LogP contribution is 2.57. The number of benzene rings is 3.